The number of rotatable bonds is 9. The number of hydrogen-bond acceptors (Lipinski definition) is 10. The van der Waals surface area contributed by atoms with Crippen molar-refractivity contribution in [1.29, 1.82) is 0 Å². The third-order valence-corrected chi connectivity index (χ3v) is 7.30. The van der Waals surface area contributed by atoms with Crippen LogP contribution in [0.25, 0.3) is 5.69 Å². The molecule has 4 rings (SSSR count). The second-order valence-corrected chi connectivity index (χ2v) is 9.74. The quantitative estimate of drug-likeness (QED) is 0.457. The number of methoxy groups -OCH3 is 3. The molecular weight excluding hydrogens is 481 g/mol. The van der Waals surface area contributed by atoms with Crippen LogP contribution in [0.1, 0.15) is 18.7 Å². The van der Waals surface area contributed by atoms with Crippen molar-refractivity contribution in [3.05, 3.63) is 42.2 Å². The fourth-order valence-electron chi connectivity index (χ4n) is 3.94. The average Bonchev–Trinajstić information content (AvgIpc) is 3.25. The molecule has 0 amide bonds. The van der Waals surface area contributed by atoms with E-state index in [4.69, 9.17) is 14.2 Å². The molecule has 1 aliphatic rings. The van der Waals surface area contributed by atoms with Crippen LogP contribution < -0.4 is 19.1 Å². The van der Waals surface area contributed by atoms with Crippen molar-refractivity contribution in [2.45, 2.75) is 24.7 Å². The standard InChI is InChI=1S/C21H26FN7O5S/c1-32-13-18-25-26-21(29(18)19-16(33-2)7-4-8-17(19)34-3)27-35(30,31)15-6-5-9-28(12-15)20-23-10-14(22)11-24-20/h4,7-8,10-11,15H,5-6,9,12-13H2,1-3H3,(H,26,27). The van der Waals surface area contributed by atoms with Crippen molar-refractivity contribution in [3.63, 3.8) is 0 Å². The van der Waals surface area contributed by atoms with Crippen molar-refractivity contribution in [3.8, 4) is 17.2 Å². The van der Waals surface area contributed by atoms with Gasteiger partial charge in [0.1, 0.15) is 23.8 Å². The number of sulfonamides is 1. The number of ether oxygens (including phenoxy) is 3. The molecule has 1 atom stereocenters. The number of anilines is 2. The number of halogens is 1. The summed E-state index contributed by atoms with van der Waals surface area (Å²) in [4.78, 5) is 9.67. The number of nitrogens with one attached hydrogen (secondary N) is 1. The Morgan fingerprint density at radius 3 is 2.43 bits per heavy atom. The summed E-state index contributed by atoms with van der Waals surface area (Å²) in [5, 5.41) is 7.41. The summed E-state index contributed by atoms with van der Waals surface area (Å²) in [5.74, 6) is 0.886. The number of para-hydroxylation sites is 1. The Kier molecular flexibility index (Phi) is 7.31. The second-order valence-electron chi connectivity index (χ2n) is 7.78. The van der Waals surface area contributed by atoms with E-state index in [2.05, 4.69) is 24.9 Å². The lowest BCUT2D eigenvalue weighted by Gasteiger charge is -2.32. The lowest BCUT2D eigenvalue weighted by molar-refractivity contribution is 0.176. The van der Waals surface area contributed by atoms with E-state index in [0.717, 1.165) is 12.4 Å². The van der Waals surface area contributed by atoms with Crippen molar-refractivity contribution >= 4 is 21.9 Å². The highest BCUT2D eigenvalue weighted by atomic mass is 32.2. The molecule has 0 spiro atoms. The Balaban J connectivity index is 1.67. The minimum absolute atomic E-state index is 0.0324. The molecule has 0 radical (unpaired) electrons. The van der Waals surface area contributed by atoms with Gasteiger partial charge in [-0.25, -0.2) is 22.8 Å². The highest BCUT2D eigenvalue weighted by molar-refractivity contribution is 7.93. The molecule has 35 heavy (non-hydrogen) atoms. The van der Waals surface area contributed by atoms with Crippen molar-refractivity contribution in [2.75, 3.05) is 44.0 Å². The van der Waals surface area contributed by atoms with Crippen LogP contribution in [0.5, 0.6) is 11.5 Å². The van der Waals surface area contributed by atoms with E-state index < -0.39 is 21.1 Å². The Morgan fingerprint density at radius 1 is 1.11 bits per heavy atom. The van der Waals surface area contributed by atoms with Crippen molar-refractivity contribution < 1.29 is 27.0 Å². The average molecular weight is 508 g/mol. The van der Waals surface area contributed by atoms with E-state index in [-0.39, 0.29) is 25.0 Å². The molecule has 3 heterocycles. The minimum atomic E-state index is -3.92. The highest BCUT2D eigenvalue weighted by Gasteiger charge is 2.34. The molecule has 14 heteroatoms. The molecule has 0 aliphatic carbocycles. The van der Waals surface area contributed by atoms with Crippen LogP contribution in [0.3, 0.4) is 0 Å². The zero-order chi connectivity index (χ0) is 25.0. The molecule has 1 aromatic carbocycles. The summed E-state index contributed by atoms with van der Waals surface area (Å²) in [6.45, 7) is 0.761. The molecule has 188 valence electrons. The molecule has 0 bridgehead atoms. The topological polar surface area (TPSA) is 134 Å². The van der Waals surface area contributed by atoms with Gasteiger partial charge in [0.05, 0.1) is 31.9 Å². The first-order chi connectivity index (χ1) is 16.9. The van der Waals surface area contributed by atoms with Crippen molar-refractivity contribution in [2.24, 2.45) is 0 Å². The van der Waals surface area contributed by atoms with E-state index in [1.807, 2.05) is 0 Å². The van der Waals surface area contributed by atoms with Crippen LogP contribution >= 0.6 is 0 Å². The number of hydrogen-bond donors (Lipinski definition) is 1. The van der Waals surface area contributed by atoms with Gasteiger partial charge in [-0.3, -0.25) is 9.29 Å². The second kappa shape index (κ2) is 10.4. The largest absolute Gasteiger partial charge is 0.494 e. The van der Waals surface area contributed by atoms with Gasteiger partial charge in [0.25, 0.3) is 0 Å². The van der Waals surface area contributed by atoms with E-state index in [9.17, 15) is 12.8 Å². The molecular formula is C21H26FN7O5S. The maximum atomic E-state index is 13.4. The number of benzene rings is 1. The molecule has 2 aromatic heterocycles. The summed E-state index contributed by atoms with van der Waals surface area (Å²) in [6, 6.07) is 5.18. The van der Waals surface area contributed by atoms with E-state index in [1.165, 1.54) is 25.9 Å². The predicted molar refractivity (Wildman–Crippen MR) is 125 cm³/mol. The monoisotopic (exact) mass is 507 g/mol. The molecule has 1 aliphatic heterocycles. The molecule has 1 fully saturated rings. The first kappa shape index (κ1) is 24.6. The maximum absolute atomic E-state index is 13.4. The zero-order valence-electron chi connectivity index (χ0n) is 19.5. The predicted octanol–water partition coefficient (Wildman–Crippen LogP) is 1.77. The van der Waals surface area contributed by atoms with Crippen LogP contribution in [0.4, 0.5) is 16.3 Å². The van der Waals surface area contributed by atoms with Gasteiger partial charge >= 0.3 is 0 Å². The Hall–Kier alpha value is -3.52. The zero-order valence-corrected chi connectivity index (χ0v) is 20.3. The molecule has 0 saturated carbocycles. The Morgan fingerprint density at radius 2 is 1.80 bits per heavy atom. The van der Waals surface area contributed by atoms with Gasteiger partial charge in [-0.2, -0.15) is 0 Å². The minimum Gasteiger partial charge on any atom is -0.494 e. The molecule has 1 N–H and O–H groups in total. The smallest absolute Gasteiger partial charge is 0.243 e. The summed E-state index contributed by atoms with van der Waals surface area (Å²) < 4.78 is 60.4. The molecule has 1 unspecified atom stereocenters. The lowest BCUT2D eigenvalue weighted by atomic mass is 10.1. The van der Waals surface area contributed by atoms with Gasteiger partial charge in [-0.15, -0.1) is 10.2 Å². The number of nitrogens with zero attached hydrogens (tertiary/aromatic N) is 6. The highest BCUT2D eigenvalue weighted by Crippen LogP contribution is 2.35. The van der Waals surface area contributed by atoms with Gasteiger partial charge in [-0.05, 0) is 25.0 Å². The third kappa shape index (κ3) is 5.12. The van der Waals surface area contributed by atoms with E-state index in [1.54, 1.807) is 23.1 Å². The van der Waals surface area contributed by atoms with Crippen LogP contribution in [0.2, 0.25) is 0 Å². The van der Waals surface area contributed by atoms with E-state index in [0.29, 0.717) is 42.4 Å². The molecule has 12 nitrogen and oxygen atoms in total. The first-order valence-corrected chi connectivity index (χ1v) is 12.3. The van der Waals surface area contributed by atoms with Crippen LogP contribution in [-0.2, 0) is 21.4 Å². The lowest BCUT2D eigenvalue weighted by Crippen LogP contribution is -2.45. The van der Waals surface area contributed by atoms with Crippen LogP contribution in [-0.4, -0.2) is 72.8 Å². The number of piperidine rings is 1. The SMILES string of the molecule is COCc1nnc(NS(=O)(=O)C2CCCN(c3ncc(F)cn3)C2)n1-c1c(OC)cccc1OC. The summed E-state index contributed by atoms with van der Waals surface area (Å²) >= 11 is 0. The Labute approximate surface area is 202 Å². The van der Waals surface area contributed by atoms with Gasteiger partial charge in [0.15, 0.2) is 11.6 Å². The van der Waals surface area contributed by atoms with Gasteiger partial charge < -0.3 is 19.1 Å². The number of aromatic nitrogens is 5. The maximum Gasteiger partial charge on any atom is 0.243 e. The normalized spacial score (nSPS) is 16.2. The van der Waals surface area contributed by atoms with Crippen LogP contribution in [0.15, 0.2) is 30.6 Å². The Bertz CT molecular complexity index is 1250. The first-order valence-electron chi connectivity index (χ1n) is 10.8. The van der Waals surface area contributed by atoms with Gasteiger partial charge in [-0.1, -0.05) is 6.07 Å². The summed E-state index contributed by atoms with van der Waals surface area (Å²) in [7, 11) is 0.566. The fraction of sp³-hybridized carbons (Fsp3) is 0.429. The third-order valence-electron chi connectivity index (χ3n) is 5.57. The van der Waals surface area contributed by atoms with Gasteiger partial charge in [0.2, 0.25) is 21.9 Å². The summed E-state index contributed by atoms with van der Waals surface area (Å²) in [5.41, 5.74) is 0.428. The fourth-order valence-corrected chi connectivity index (χ4v) is 5.35. The molecule has 1 saturated heterocycles. The summed E-state index contributed by atoms with van der Waals surface area (Å²) in [6.07, 6.45) is 3.12. The molecule has 3 aromatic rings. The van der Waals surface area contributed by atoms with Gasteiger partial charge in [0, 0.05) is 20.2 Å². The van der Waals surface area contributed by atoms with E-state index >= 15 is 0 Å². The van der Waals surface area contributed by atoms with Crippen LogP contribution in [0, 0.1) is 5.82 Å². The van der Waals surface area contributed by atoms with Crippen molar-refractivity contribution in [1.82, 2.24) is 24.7 Å².